The average Bonchev–Trinajstić information content (AvgIpc) is 2.59. The fourth-order valence-electron chi connectivity index (χ4n) is 2.98. The van der Waals surface area contributed by atoms with E-state index in [4.69, 9.17) is 0 Å². The Hall–Kier alpha value is -3.15. The summed E-state index contributed by atoms with van der Waals surface area (Å²) in [6.45, 7) is 1.47. The lowest BCUT2D eigenvalue weighted by atomic mass is 9.93. The highest BCUT2D eigenvalue weighted by Gasteiger charge is 2.28. The van der Waals surface area contributed by atoms with Gasteiger partial charge in [0.25, 0.3) is 5.56 Å². The summed E-state index contributed by atoms with van der Waals surface area (Å²) in [5.74, 6) is -0.455. The number of carbonyl (C=O) groups excluding carboxylic acids is 2. The number of aromatic nitrogens is 1. The molecule has 0 fully saturated rings. The SMILES string of the molecule is CC(=O)N1C=Cc2ccccc2C1CC(=O)Nc1cccn(C)c1=O. The molecule has 1 N–H and O–H groups in total. The summed E-state index contributed by atoms with van der Waals surface area (Å²) < 4.78 is 1.40. The van der Waals surface area contributed by atoms with Gasteiger partial charge in [-0.1, -0.05) is 24.3 Å². The summed E-state index contributed by atoms with van der Waals surface area (Å²) in [5, 5.41) is 2.65. The first-order valence-electron chi connectivity index (χ1n) is 7.99. The van der Waals surface area contributed by atoms with Crippen LogP contribution in [0.5, 0.6) is 0 Å². The quantitative estimate of drug-likeness (QED) is 0.934. The number of hydrogen-bond acceptors (Lipinski definition) is 3. The lowest BCUT2D eigenvalue weighted by Gasteiger charge is -2.32. The molecule has 1 aliphatic heterocycles. The van der Waals surface area contributed by atoms with Gasteiger partial charge in [0.1, 0.15) is 5.69 Å². The van der Waals surface area contributed by atoms with Crippen molar-refractivity contribution in [1.29, 1.82) is 0 Å². The molecule has 2 heterocycles. The predicted octanol–water partition coefficient (Wildman–Crippen LogP) is 2.29. The summed E-state index contributed by atoms with van der Waals surface area (Å²) in [6, 6.07) is 10.5. The number of nitrogens with zero attached hydrogens (tertiary/aromatic N) is 2. The van der Waals surface area contributed by atoms with Gasteiger partial charge in [-0.3, -0.25) is 14.4 Å². The number of anilines is 1. The van der Waals surface area contributed by atoms with E-state index < -0.39 is 6.04 Å². The smallest absolute Gasteiger partial charge is 0.274 e. The van der Waals surface area contributed by atoms with Crippen LogP contribution in [-0.4, -0.2) is 21.3 Å². The molecule has 0 spiro atoms. The molecule has 1 unspecified atom stereocenters. The van der Waals surface area contributed by atoms with Crippen molar-refractivity contribution in [1.82, 2.24) is 9.47 Å². The van der Waals surface area contributed by atoms with Gasteiger partial charge in [0.2, 0.25) is 11.8 Å². The van der Waals surface area contributed by atoms with Gasteiger partial charge in [-0.15, -0.1) is 0 Å². The van der Waals surface area contributed by atoms with Crippen LogP contribution in [0.25, 0.3) is 6.08 Å². The number of carbonyl (C=O) groups is 2. The second-order valence-corrected chi connectivity index (χ2v) is 5.98. The van der Waals surface area contributed by atoms with Gasteiger partial charge in [0.15, 0.2) is 0 Å². The maximum Gasteiger partial charge on any atom is 0.274 e. The first kappa shape index (κ1) is 16.7. The molecule has 1 aliphatic rings. The number of nitrogens with one attached hydrogen (secondary N) is 1. The molecule has 6 nitrogen and oxygen atoms in total. The van der Waals surface area contributed by atoms with E-state index in [1.54, 1.807) is 36.5 Å². The Balaban J connectivity index is 1.85. The Labute approximate surface area is 145 Å². The fraction of sp³-hybridized carbons (Fsp3) is 0.211. The van der Waals surface area contributed by atoms with Crippen LogP contribution in [-0.2, 0) is 16.6 Å². The van der Waals surface area contributed by atoms with Crippen LogP contribution in [0.4, 0.5) is 5.69 Å². The number of pyridine rings is 1. The minimum absolute atomic E-state index is 0.0684. The van der Waals surface area contributed by atoms with E-state index in [-0.39, 0.29) is 29.5 Å². The number of aryl methyl sites for hydroxylation is 1. The first-order valence-corrected chi connectivity index (χ1v) is 7.99. The van der Waals surface area contributed by atoms with Crippen LogP contribution in [0.1, 0.15) is 30.5 Å². The number of benzene rings is 1. The number of rotatable bonds is 3. The van der Waals surface area contributed by atoms with Crippen LogP contribution >= 0.6 is 0 Å². The molecule has 1 atom stereocenters. The highest BCUT2D eigenvalue weighted by molar-refractivity contribution is 5.91. The maximum atomic E-state index is 12.5. The molecule has 0 saturated carbocycles. The third-order valence-corrected chi connectivity index (χ3v) is 4.25. The molecule has 6 heteroatoms. The van der Waals surface area contributed by atoms with Crippen molar-refractivity contribution in [2.75, 3.05) is 5.32 Å². The molecule has 25 heavy (non-hydrogen) atoms. The first-order chi connectivity index (χ1) is 12.0. The normalized spacial score (nSPS) is 15.6. The van der Waals surface area contributed by atoms with E-state index >= 15 is 0 Å². The molecule has 0 aliphatic carbocycles. The Morgan fingerprint density at radius 3 is 2.68 bits per heavy atom. The number of amides is 2. The van der Waals surface area contributed by atoms with Crippen LogP contribution in [0.15, 0.2) is 53.6 Å². The molecular weight excluding hydrogens is 318 g/mol. The molecule has 2 aromatic rings. The summed E-state index contributed by atoms with van der Waals surface area (Å²) in [5.41, 5.74) is 1.84. The van der Waals surface area contributed by atoms with Gasteiger partial charge < -0.3 is 14.8 Å². The predicted molar refractivity (Wildman–Crippen MR) is 95.7 cm³/mol. The van der Waals surface area contributed by atoms with E-state index in [0.29, 0.717) is 0 Å². The largest absolute Gasteiger partial charge is 0.321 e. The van der Waals surface area contributed by atoms with Gasteiger partial charge in [0, 0.05) is 26.4 Å². The van der Waals surface area contributed by atoms with Crippen molar-refractivity contribution < 1.29 is 9.59 Å². The highest BCUT2D eigenvalue weighted by Crippen LogP contribution is 2.32. The minimum Gasteiger partial charge on any atom is -0.321 e. The van der Waals surface area contributed by atoms with E-state index in [2.05, 4.69) is 5.32 Å². The minimum atomic E-state index is -0.397. The fourth-order valence-corrected chi connectivity index (χ4v) is 2.98. The summed E-state index contributed by atoms with van der Waals surface area (Å²) in [7, 11) is 1.62. The van der Waals surface area contributed by atoms with Crippen molar-refractivity contribution >= 4 is 23.6 Å². The maximum absolute atomic E-state index is 12.5. The van der Waals surface area contributed by atoms with Crippen LogP contribution in [0, 0.1) is 0 Å². The third-order valence-electron chi connectivity index (χ3n) is 4.25. The van der Waals surface area contributed by atoms with Crippen LogP contribution in [0.2, 0.25) is 0 Å². The zero-order chi connectivity index (χ0) is 18.0. The Bertz CT molecular complexity index is 914. The van der Waals surface area contributed by atoms with Gasteiger partial charge in [-0.05, 0) is 29.3 Å². The molecule has 1 aromatic carbocycles. The van der Waals surface area contributed by atoms with E-state index in [0.717, 1.165) is 11.1 Å². The Morgan fingerprint density at radius 1 is 1.16 bits per heavy atom. The molecule has 1 aromatic heterocycles. The molecule has 0 radical (unpaired) electrons. The summed E-state index contributed by atoms with van der Waals surface area (Å²) in [4.78, 5) is 38.0. The lowest BCUT2D eigenvalue weighted by molar-refractivity contribution is -0.129. The van der Waals surface area contributed by atoms with Gasteiger partial charge >= 0.3 is 0 Å². The van der Waals surface area contributed by atoms with E-state index in [1.165, 1.54) is 11.5 Å². The van der Waals surface area contributed by atoms with Gasteiger partial charge in [-0.25, -0.2) is 0 Å². The molecule has 0 saturated heterocycles. The van der Waals surface area contributed by atoms with Crippen molar-refractivity contribution in [3.05, 3.63) is 70.3 Å². The van der Waals surface area contributed by atoms with Crippen molar-refractivity contribution in [3.63, 3.8) is 0 Å². The number of fused-ring (bicyclic) bond motifs is 1. The Morgan fingerprint density at radius 2 is 1.92 bits per heavy atom. The second-order valence-electron chi connectivity index (χ2n) is 5.98. The van der Waals surface area contributed by atoms with Gasteiger partial charge in [0.05, 0.1) is 12.5 Å². The highest BCUT2D eigenvalue weighted by atomic mass is 16.2. The van der Waals surface area contributed by atoms with Crippen LogP contribution in [0.3, 0.4) is 0 Å². The average molecular weight is 337 g/mol. The molecule has 0 bridgehead atoms. The summed E-state index contributed by atoms with van der Waals surface area (Å²) >= 11 is 0. The lowest BCUT2D eigenvalue weighted by Crippen LogP contribution is -2.34. The second kappa shape index (κ2) is 6.76. The molecular formula is C19H19N3O3. The monoisotopic (exact) mass is 337 g/mol. The van der Waals surface area contributed by atoms with Crippen molar-refractivity contribution in [2.45, 2.75) is 19.4 Å². The molecule has 128 valence electrons. The van der Waals surface area contributed by atoms with Crippen LogP contribution < -0.4 is 10.9 Å². The zero-order valence-electron chi connectivity index (χ0n) is 14.1. The molecule has 3 rings (SSSR count). The standard InChI is InChI=1S/C19H19N3O3/c1-13(23)22-11-9-14-6-3-4-7-15(14)17(22)12-18(24)20-16-8-5-10-21(2)19(16)25/h3-11,17H,12H2,1-2H3,(H,20,24). The van der Waals surface area contributed by atoms with E-state index in [9.17, 15) is 14.4 Å². The zero-order valence-corrected chi connectivity index (χ0v) is 14.1. The molecule has 2 amide bonds. The van der Waals surface area contributed by atoms with Crippen molar-refractivity contribution in [3.8, 4) is 0 Å². The van der Waals surface area contributed by atoms with Gasteiger partial charge in [-0.2, -0.15) is 0 Å². The Kier molecular flexibility index (Phi) is 4.52. The third kappa shape index (κ3) is 3.38. The number of hydrogen-bond donors (Lipinski definition) is 1. The van der Waals surface area contributed by atoms with Crippen molar-refractivity contribution in [2.24, 2.45) is 7.05 Å². The summed E-state index contributed by atoms with van der Waals surface area (Å²) in [6.07, 6.45) is 5.25. The topological polar surface area (TPSA) is 71.4 Å². The van der Waals surface area contributed by atoms with E-state index in [1.807, 2.05) is 30.3 Å².